The highest BCUT2D eigenvalue weighted by atomic mass is 35.5. The van der Waals surface area contributed by atoms with Crippen LogP contribution in [-0.4, -0.2) is 15.6 Å². The lowest BCUT2D eigenvalue weighted by Crippen LogP contribution is -2.16. The van der Waals surface area contributed by atoms with Gasteiger partial charge in [-0.05, 0) is 31.0 Å². The van der Waals surface area contributed by atoms with Crippen LogP contribution < -0.4 is 5.32 Å². The molecule has 1 aliphatic carbocycles. The van der Waals surface area contributed by atoms with E-state index in [0.29, 0.717) is 22.4 Å². The van der Waals surface area contributed by atoms with Crippen LogP contribution >= 0.6 is 34.8 Å². The average molecular weight is 346 g/mol. The first-order valence-electron chi connectivity index (χ1n) is 6.32. The fourth-order valence-corrected chi connectivity index (χ4v) is 2.81. The average Bonchev–Trinajstić information content (AvgIpc) is 3.18. The Kier molecular flexibility index (Phi) is 3.78. The number of amides is 1. The van der Waals surface area contributed by atoms with E-state index >= 15 is 0 Å². The third-order valence-corrected chi connectivity index (χ3v) is 4.05. The molecule has 110 valence electrons. The second-order valence-electron chi connectivity index (χ2n) is 4.92. The summed E-state index contributed by atoms with van der Waals surface area (Å²) >= 11 is 17.6. The molecule has 0 radical (unpaired) electrons. The molecule has 1 saturated carbocycles. The number of benzene rings is 1. The number of nitrogens with one attached hydrogen (secondary N) is 1. The SMILES string of the molecule is O=C(Nc1cc(Cl)c(O)c(Cl)c1)c1cc(Cl)cn1C1CC1. The van der Waals surface area contributed by atoms with Gasteiger partial charge in [-0.15, -0.1) is 0 Å². The fraction of sp³-hybridized carbons (Fsp3) is 0.214. The van der Waals surface area contributed by atoms with Crippen molar-refractivity contribution in [1.29, 1.82) is 0 Å². The van der Waals surface area contributed by atoms with Crippen molar-refractivity contribution in [3.05, 3.63) is 45.2 Å². The molecule has 1 heterocycles. The van der Waals surface area contributed by atoms with Gasteiger partial charge in [-0.25, -0.2) is 0 Å². The van der Waals surface area contributed by atoms with Crippen LogP contribution in [0, 0.1) is 0 Å². The molecule has 1 fully saturated rings. The highest BCUT2D eigenvalue weighted by Crippen LogP contribution is 2.38. The molecule has 1 aromatic carbocycles. The topological polar surface area (TPSA) is 54.3 Å². The molecule has 0 atom stereocenters. The number of phenols is 1. The summed E-state index contributed by atoms with van der Waals surface area (Å²) in [6, 6.07) is 4.84. The first kappa shape index (κ1) is 14.6. The van der Waals surface area contributed by atoms with Crippen molar-refractivity contribution in [3.8, 4) is 5.75 Å². The van der Waals surface area contributed by atoms with Gasteiger partial charge in [0.05, 0.1) is 15.1 Å². The van der Waals surface area contributed by atoms with Crippen LogP contribution in [0.5, 0.6) is 5.75 Å². The molecule has 2 aromatic rings. The maximum absolute atomic E-state index is 12.3. The van der Waals surface area contributed by atoms with Gasteiger partial charge in [0.15, 0.2) is 5.75 Å². The molecular weight excluding hydrogens is 335 g/mol. The smallest absolute Gasteiger partial charge is 0.272 e. The molecule has 0 saturated heterocycles. The summed E-state index contributed by atoms with van der Waals surface area (Å²) in [7, 11) is 0. The molecule has 0 aliphatic heterocycles. The van der Waals surface area contributed by atoms with Crippen molar-refractivity contribution in [1.82, 2.24) is 4.57 Å². The lowest BCUT2D eigenvalue weighted by atomic mass is 10.3. The van der Waals surface area contributed by atoms with Crippen molar-refractivity contribution in [2.75, 3.05) is 5.32 Å². The predicted octanol–water partition coefficient (Wildman–Crippen LogP) is 4.74. The number of nitrogens with zero attached hydrogens (tertiary/aromatic N) is 1. The highest BCUT2D eigenvalue weighted by molar-refractivity contribution is 6.37. The standard InChI is InChI=1S/C14H11Cl3N2O2/c15-7-3-12(19(6-7)9-1-2-9)14(21)18-8-4-10(16)13(20)11(17)5-8/h3-6,9,20H,1-2H2,(H,18,21). The summed E-state index contributed by atoms with van der Waals surface area (Å²) in [5, 5.41) is 12.9. The third kappa shape index (κ3) is 2.98. The Labute approximate surface area is 136 Å². The normalized spacial score (nSPS) is 14.2. The number of hydrogen-bond donors (Lipinski definition) is 2. The molecule has 1 aliphatic rings. The second kappa shape index (κ2) is 5.44. The number of rotatable bonds is 3. The molecule has 0 spiro atoms. The minimum Gasteiger partial charge on any atom is -0.505 e. The number of carbonyl (C=O) groups is 1. The Morgan fingerprint density at radius 3 is 2.38 bits per heavy atom. The fourth-order valence-electron chi connectivity index (χ4n) is 2.12. The van der Waals surface area contributed by atoms with Gasteiger partial charge in [-0.1, -0.05) is 34.8 Å². The van der Waals surface area contributed by atoms with Gasteiger partial charge in [-0.2, -0.15) is 0 Å². The Morgan fingerprint density at radius 1 is 1.19 bits per heavy atom. The van der Waals surface area contributed by atoms with Gasteiger partial charge in [0.2, 0.25) is 0 Å². The number of anilines is 1. The van der Waals surface area contributed by atoms with Crippen molar-refractivity contribution in [2.45, 2.75) is 18.9 Å². The first-order valence-corrected chi connectivity index (χ1v) is 7.46. The molecule has 21 heavy (non-hydrogen) atoms. The van der Waals surface area contributed by atoms with Crippen LogP contribution in [-0.2, 0) is 0 Å². The molecule has 0 bridgehead atoms. The molecular formula is C14H11Cl3N2O2. The molecule has 0 unspecified atom stereocenters. The molecule has 3 rings (SSSR count). The maximum atomic E-state index is 12.3. The molecule has 7 heteroatoms. The zero-order valence-corrected chi connectivity index (χ0v) is 13.0. The Bertz CT molecular complexity index is 700. The van der Waals surface area contributed by atoms with Gasteiger partial charge >= 0.3 is 0 Å². The first-order chi connectivity index (χ1) is 9.95. The second-order valence-corrected chi connectivity index (χ2v) is 6.18. The molecule has 2 N–H and O–H groups in total. The largest absolute Gasteiger partial charge is 0.505 e. The van der Waals surface area contributed by atoms with Gasteiger partial charge in [0, 0.05) is 17.9 Å². The highest BCUT2D eigenvalue weighted by Gasteiger charge is 2.28. The summed E-state index contributed by atoms with van der Waals surface area (Å²) in [5.74, 6) is -0.507. The monoisotopic (exact) mass is 344 g/mol. The van der Waals surface area contributed by atoms with Gasteiger partial charge in [0.1, 0.15) is 5.69 Å². The van der Waals surface area contributed by atoms with E-state index < -0.39 is 0 Å². The summed E-state index contributed by atoms with van der Waals surface area (Å²) in [4.78, 5) is 12.3. The quantitative estimate of drug-likeness (QED) is 0.789. The van der Waals surface area contributed by atoms with Crippen molar-refractivity contribution >= 4 is 46.4 Å². The van der Waals surface area contributed by atoms with Crippen LogP contribution in [0.3, 0.4) is 0 Å². The Morgan fingerprint density at radius 2 is 1.81 bits per heavy atom. The van der Waals surface area contributed by atoms with Crippen LogP contribution in [0.25, 0.3) is 0 Å². The van der Waals surface area contributed by atoms with Crippen LogP contribution in [0.4, 0.5) is 5.69 Å². The number of hydrogen-bond acceptors (Lipinski definition) is 2. The van der Waals surface area contributed by atoms with Crippen molar-refractivity contribution in [2.24, 2.45) is 0 Å². The zero-order chi connectivity index (χ0) is 15.1. The van der Waals surface area contributed by atoms with Crippen LogP contribution in [0.2, 0.25) is 15.1 Å². The van der Waals surface area contributed by atoms with E-state index in [-0.39, 0.29) is 21.7 Å². The summed E-state index contributed by atoms with van der Waals surface area (Å²) in [6.45, 7) is 0. The zero-order valence-electron chi connectivity index (χ0n) is 10.7. The summed E-state index contributed by atoms with van der Waals surface area (Å²) < 4.78 is 1.88. The predicted molar refractivity (Wildman–Crippen MR) is 83.8 cm³/mol. The molecule has 1 aromatic heterocycles. The number of aromatic nitrogens is 1. The van der Waals surface area contributed by atoms with E-state index in [1.807, 2.05) is 4.57 Å². The van der Waals surface area contributed by atoms with Gasteiger partial charge in [-0.3, -0.25) is 4.79 Å². The van der Waals surface area contributed by atoms with E-state index in [2.05, 4.69) is 5.32 Å². The Hall–Kier alpha value is -1.36. The third-order valence-electron chi connectivity index (χ3n) is 3.26. The molecule has 4 nitrogen and oxygen atoms in total. The van der Waals surface area contributed by atoms with E-state index in [1.165, 1.54) is 12.1 Å². The lowest BCUT2D eigenvalue weighted by molar-refractivity contribution is 0.101. The molecule has 1 amide bonds. The summed E-state index contributed by atoms with van der Waals surface area (Å²) in [6.07, 6.45) is 3.84. The Balaban J connectivity index is 1.87. The van der Waals surface area contributed by atoms with Crippen LogP contribution in [0.1, 0.15) is 29.4 Å². The van der Waals surface area contributed by atoms with E-state index in [1.54, 1.807) is 12.3 Å². The minimum absolute atomic E-state index is 0.0772. The van der Waals surface area contributed by atoms with E-state index in [4.69, 9.17) is 34.8 Å². The van der Waals surface area contributed by atoms with E-state index in [0.717, 1.165) is 12.8 Å². The summed E-state index contributed by atoms with van der Waals surface area (Å²) in [5.41, 5.74) is 0.898. The van der Waals surface area contributed by atoms with Gasteiger partial charge in [0.25, 0.3) is 5.91 Å². The van der Waals surface area contributed by atoms with Crippen molar-refractivity contribution < 1.29 is 9.90 Å². The number of carbonyl (C=O) groups excluding carboxylic acids is 1. The maximum Gasteiger partial charge on any atom is 0.272 e. The van der Waals surface area contributed by atoms with Crippen LogP contribution in [0.15, 0.2) is 24.4 Å². The van der Waals surface area contributed by atoms with Crippen molar-refractivity contribution in [3.63, 3.8) is 0 Å². The number of aromatic hydroxyl groups is 1. The van der Waals surface area contributed by atoms with E-state index in [9.17, 15) is 9.90 Å². The number of phenolic OH excluding ortho intramolecular Hbond substituents is 1. The number of halogens is 3. The lowest BCUT2D eigenvalue weighted by Gasteiger charge is -2.10. The minimum atomic E-state index is -0.299. The van der Waals surface area contributed by atoms with Gasteiger partial charge < -0.3 is 15.0 Å².